The van der Waals surface area contributed by atoms with Crippen LogP contribution in [0.15, 0.2) is 22.9 Å². The number of anilines is 1. The van der Waals surface area contributed by atoms with Crippen molar-refractivity contribution in [3.05, 3.63) is 22.9 Å². The molecule has 0 atom stereocenters. The Morgan fingerprint density at radius 1 is 1.69 bits per heavy atom. The molecular weight excluding hydrogens is 234 g/mol. The van der Waals surface area contributed by atoms with E-state index in [0.29, 0.717) is 0 Å². The maximum atomic E-state index is 10.6. The molecule has 1 rings (SSSR count). The Hall–Kier alpha value is -1.10. The number of nitrogens with two attached hydrogens (primary N) is 1. The van der Waals surface area contributed by atoms with Gasteiger partial charge in [0.2, 0.25) is 5.91 Å². The predicted molar refractivity (Wildman–Crippen MR) is 54.4 cm³/mol. The highest BCUT2D eigenvalue weighted by Gasteiger charge is 2.04. The van der Waals surface area contributed by atoms with Crippen molar-refractivity contribution in [2.45, 2.75) is 0 Å². The van der Waals surface area contributed by atoms with Gasteiger partial charge in [-0.05, 0) is 22.0 Å². The van der Waals surface area contributed by atoms with Gasteiger partial charge in [-0.25, -0.2) is 0 Å². The molecule has 0 aliphatic heterocycles. The summed E-state index contributed by atoms with van der Waals surface area (Å²) in [5, 5.41) is 0. The van der Waals surface area contributed by atoms with Crippen LogP contribution in [0.4, 0.5) is 5.69 Å². The van der Waals surface area contributed by atoms with E-state index in [1.165, 1.54) is 0 Å². The number of pyridine rings is 1. The van der Waals surface area contributed by atoms with Gasteiger partial charge in [0, 0.05) is 17.7 Å². The molecule has 0 radical (unpaired) electrons. The van der Waals surface area contributed by atoms with Crippen molar-refractivity contribution in [1.82, 2.24) is 4.98 Å². The van der Waals surface area contributed by atoms with E-state index in [2.05, 4.69) is 20.9 Å². The van der Waals surface area contributed by atoms with Crippen LogP contribution < -0.4 is 10.6 Å². The molecule has 1 heterocycles. The van der Waals surface area contributed by atoms with Crippen LogP contribution >= 0.6 is 15.9 Å². The number of primary amides is 1. The number of rotatable bonds is 3. The molecule has 0 spiro atoms. The molecule has 2 N–H and O–H groups in total. The topological polar surface area (TPSA) is 59.2 Å². The molecule has 1 aromatic rings. The van der Waals surface area contributed by atoms with E-state index in [1.54, 1.807) is 24.3 Å². The zero-order valence-electron chi connectivity index (χ0n) is 7.20. The average molecular weight is 244 g/mol. The van der Waals surface area contributed by atoms with E-state index in [4.69, 9.17) is 5.73 Å². The van der Waals surface area contributed by atoms with Gasteiger partial charge in [0.1, 0.15) is 0 Å². The quantitative estimate of drug-likeness (QED) is 0.854. The zero-order chi connectivity index (χ0) is 9.84. The highest BCUT2D eigenvalue weighted by atomic mass is 79.9. The van der Waals surface area contributed by atoms with Crippen molar-refractivity contribution >= 4 is 27.5 Å². The normalized spacial score (nSPS) is 9.69. The fraction of sp³-hybridized carbons (Fsp3) is 0.250. The first-order valence-corrected chi connectivity index (χ1v) is 4.49. The predicted octanol–water partition coefficient (Wildman–Crippen LogP) is 0.766. The standard InChI is InChI=1S/C8H10BrN3O/c1-12(5-8(10)13)7-2-6(9)3-11-4-7/h2-4H,5H2,1H3,(H2,10,13). The summed E-state index contributed by atoms with van der Waals surface area (Å²) in [5.41, 5.74) is 5.91. The van der Waals surface area contributed by atoms with Gasteiger partial charge < -0.3 is 10.6 Å². The minimum Gasteiger partial charge on any atom is -0.368 e. The van der Waals surface area contributed by atoms with Gasteiger partial charge in [-0.3, -0.25) is 9.78 Å². The fourth-order valence-corrected chi connectivity index (χ4v) is 1.29. The van der Waals surface area contributed by atoms with Crippen LogP contribution in [-0.2, 0) is 4.79 Å². The summed E-state index contributed by atoms with van der Waals surface area (Å²) in [6.07, 6.45) is 3.36. The van der Waals surface area contributed by atoms with Gasteiger partial charge in [-0.15, -0.1) is 0 Å². The van der Waals surface area contributed by atoms with E-state index in [1.807, 2.05) is 6.07 Å². The van der Waals surface area contributed by atoms with Crippen LogP contribution in [0.5, 0.6) is 0 Å². The van der Waals surface area contributed by atoms with E-state index < -0.39 is 0 Å². The summed E-state index contributed by atoms with van der Waals surface area (Å²) in [7, 11) is 1.79. The third kappa shape index (κ3) is 3.02. The third-order valence-corrected chi connectivity index (χ3v) is 1.96. The monoisotopic (exact) mass is 243 g/mol. The lowest BCUT2D eigenvalue weighted by Gasteiger charge is -2.16. The summed E-state index contributed by atoms with van der Waals surface area (Å²) < 4.78 is 0.876. The smallest absolute Gasteiger partial charge is 0.236 e. The van der Waals surface area contributed by atoms with Crippen LogP contribution in [0.3, 0.4) is 0 Å². The number of carbonyl (C=O) groups is 1. The maximum absolute atomic E-state index is 10.6. The van der Waals surface area contributed by atoms with E-state index >= 15 is 0 Å². The number of hydrogen-bond donors (Lipinski definition) is 1. The molecule has 70 valence electrons. The van der Waals surface area contributed by atoms with Gasteiger partial charge in [0.15, 0.2) is 0 Å². The summed E-state index contributed by atoms with van der Waals surface area (Å²) in [6.45, 7) is 0.193. The average Bonchev–Trinajstić information content (AvgIpc) is 2.03. The molecule has 4 nitrogen and oxygen atoms in total. The van der Waals surface area contributed by atoms with Crippen LogP contribution in [0.25, 0.3) is 0 Å². The maximum Gasteiger partial charge on any atom is 0.236 e. The third-order valence-electron chi connectivity index (χ3n) is 1.52. The molecule has 0 saturated carbocycles. The summed E-state index contributed by atoms with van der Waals surface area (Å²) in [4.78, 5) is 16.3. The Morgan fingerprint density at radius 3 is 2.92 bits per heavy atom. The van der Waals surface area contributed by atoms with Crippen LogP contribution in [0.1, 0.15) is 0 Å². The van der Waals surface area contributed by atoms with Gasteiger partial charge in [0.05, 0.1) is 18.4 Å². The molecule has 0 aromatic carbocycles. The number of nitrogens with zero attached hydrogens (tertiary/aromatic N) is 2. The molecule has 13 heavy (non-hydrogen) atoms. The summed E-state index contributed by atoms with van der Waals surface area (Å²) >= 11 is 3.29. The van der Waals surface area contributed by atoms with Crippen molar-refractivity contribution in [1.29, 1.82) is 0 Å². The fourth-order valence-electron chi connectivity index (χ4n) is 0.934. The second kappa shape index (κ2) is 4.23. The van der Waals surface area contributed by atoms with Crippen LogP contribution in [0.2, 0.25) is 0 Å². The van der Waals surface area contributed by atoms with Crippen molar-refractivity contribution in [3.63, 3.8) is 0 Å². The lowest BCUT2D eigenvalue weighted by molar-refractivity contribution is -0.116. The van der Waals surface area contributed by atoms with Gasteiger partial charge >= 0.3 is 0 Å². The first-order valence-electron chi connectivity index (χ1n) is 3.69. The number of amides is 1. The second-order valence-electron chi connectivity index (χ2n) is 2.68. The minimum atomic E-state index is -0.359. The Labute approximate surface area is 84.9 Å². The molecule has 0 bridgehead atoms. The largest absolute Gasteiger partial charge is 0.368 e. The highest BCUT2D eigenvalue weighted by Crippen LogP contribution is 2.16. The van der Waals surface area contributed by atoms with Crippen LogP contribution in [-0.4, -0.2) is 24.5 Å². The van der Waals surface area contributed by atoms with Crippen molar-refractivity contribution in [3.8, 4) is 0 Å². The Kier molecular flexibility index (Phi) is 3.25. The Morgan fingerprint density at radius 2 is 2.38 bits per heavy atom. The highest BCUT2D eigenvalue weighted by molar-refractivity contribution is 9.10. The number of likely N-dealkylation sites (N-methyl/N-ethyl adjacent to an activating group) is 1. The molecule has 0 unspecified atom stereocenters. The number of aromatic nitrogens is 1. The summed E-state index contributed by atoms with van der Waals surface area (Å²) in [5.74, 6) is -0.359. The molecular formula is C8H10BrN3O. The number of halogens is 1. The van der Waals surface area contributed by atoms with Crippen molar-refractivity contribution in [2.24, 2.45) is 5.73 Å². The molecule has 1 amide bonds. The van der Waals surface area contributed by atoms with E-state index in [9.17, 15) is 4.79 Å². The Balaban J connectivity index is 2.76. The summed E-state index contributed by atoms with van der Waals surface area (Å²) in [6, 6.07) is 1.87. The molecule has 0 fully saturated rings. The molecule has 5 heteroatoms. The van der Waals surface area contributed by atoms with Gasteiger partial charge in [0.25, 0.3) is 0 Å². The number of carbonyl (C=O) groups excluding carboxylic acids is 1. The molecule has 0 aliphatic carbocycles. The lowest BCUT2D eigenvalue weighted by atomic mass is 10.4. The molecule has 1 aromatic heterocycles. The second-order valence-corrected chi connectivity index (χ2v) is 3.60. The van der Waals surface area contributed by atoms with Gasteiger partial charge in [-0.2, -0.15) is 0 Å². The lowest BCUT2D eigenvalue weighted by Crippen LogP contribution is -2.30. The van der Waals surface area contributed by atoms with Crippen LogP contribution in [0, 0.1) is 0 Å². The SMILES string of the molecule is CN(CC(N)=O)c1cncc(Br)c1. The van der Waals surface area contributed by atoms with Crippen molar-refractivity contribution < 1.29 is 4.79 Å². The van der Waals surface area contributed by atoms with Crippen molar-refractivity contribution in [2.75, 3.05) is 18.5 Å². The first kappa shape index (κ1) is 9.98. The number of hydrogen-bond acceptors (Lipinski definition) is 3. The minimum absolute atomic E-state index is 0.193. The zero-order valence-corrected chi connectivity index (χ0v) is 8.78. The molecule has 0 aliphatic rings. The first-order chi connectivity index (χ1) is 6.09. The Bertz CT molecular complexity index is 316. The van der Waals surface area contributed by atoms with E-state index in [-0.39, 0.29) is 12.5 Å². The molecule has 0 saturated heterocycles. The van der Waals surface area contributed by atoms with E-state index in [0.717, 1.165) is 10.2 Å². The van der Waals surface area contributed by atoms with Gasteiger partial charge in [-0.1, -0.05) is 0 Å².